The number of nitrogens with zero attached hydrogens (tertiary/aromatic N) is 2. The maximum Gasteiger partial charge on any atom is 0.271 e. The Morgan fingerprint density at radius 1 is 1.06 bits per heavy atom. The van der Waals surface area contributed by atoms with Crippen LogP contribution in [0.4, 0.5) is 0 Å². The van der Waals surface area contributed by atoms with Gasteiger partial charge in [-0.1, -0.05) is 12.1 Å². The summed E-state index contributed by atoms with van der Waals surface area (Å²) < 4.78 is 17.5. The van der Waals surface area contributed by atoms with Crippen LogP contribution in [0, 0.1) is 32.1 Å². The smallest absolute Gasteiger partial charge is 0.271 e. The molecule has 8 heteroatoms. The molecule has 0 fully saturated rings. The summed E-state index contributed by atoms with van der Waals surface area (Å²) >= 11 is 0. The zero-order valence-corrected chi connectivity index (χ0v) is 21.3. The van der Waals surface area contributed by atoms with Crippen molar-refractivity contribution in [3.05, 3.63) is 80.1 Å². The van der Waals surface area contributed by atoms with Gasteiger partial charge in [-0.25, -0.2) is 0 Å². The summed E-state index contributed by atoms with van der Waals surface area (Å²) in [5.41, 5.74) is 2.10. The third-order valence-electron chi connectivity index (χ3n) is 6.28. The van der Waals surface area contributed by atoms with E-state index in [1.54, 1.807) is 25.1 Å². The minimum absolute atomic E-state index is 0.0434. The Balaban J connectivity index is 1.96. The highest BCUT2D eigenvalue weighted by molar-refractivity contribution is 6.03. The van der Waals surface area contributed by atoms with Crippen molar-refractivity contribution < 1.29 is 24.1 Å². The predicted molar refractivity (Wildman–Crippen MR) is 135 cm³/mol. The zero-order chi connectivity index (χ0) is 26.6. The van der Waals surface area contributed by atoms with E-state index in [2.05, 4.69) is 0 Å². The number of ketones is 1. The molecule has 0 bridgehead atoms. The number of aromatic nitrogens is 1. The first-order chi connectivity index (χ1) is 17.1. The quantitative estimate of drug-likeness (QED) is 0.446. The van der Waals surface area contributed by atoms with Crippen LogP contribution in [0.5, 0.6) is 23.1 Å². The molecule has 0 amide bonds. The highest BCUT2D eigenvalue weighted by atomic mass is 16.5. The van der Waals surface area contributed by atoms with Crippen LogP contribution < -0.4 is 19.8 Å². The molecule has 3 rings (SSSR count). The van der Waals surface area contributed by atoms with Crippen LogP contribution in [-0.4, -0.2) is 35.8 Å². The van der Waals surface area contributed by atoms with Crippen molar-refractivity contribution in [2.24, 2.45) is 0 Å². The van der Waals surface area contributed by atoms with Crippen molar-refractivity contribution in [3.63, 3.8) is 0 Å². The predicted octanol–water partition coefficient (Wildman–Crippen LogP) is 4.26. The molecule has 0 spiro atoms. The normalized spacial score (nSPS) is 11.5. The molecule has 3 aromatic rings. The van der Waals surface area contributed by atoms with Gasteiger partial charge in [0.2, 0.25) is 11.7 Å². The van der Waals surface area contributed by atoms with Gasteiger partial charge in [0, 0.05) is 6.54 Å². The van der Waals surface area contributed by atoms with Gasteiger partial charge < -0.3 is 19.3 Å². The van der Waals surface area contributed by atoms with E-state index < -0.39 is 23.3 Å². The van der Waals surface area contributed by atoms with E-state index in [9.17, 15) is 20.0 Å². The van der Waals surface area contributed by atoms with E-state index >= 15 is 0 Å². The molecule has 188 valence electrons. The molecule has 0 radical (unpaired) electrons. The number of aromatic hydroxyl groups is 1. The molecule has 36 heavy (non-hydrogen) atoms. The molecule has 1 unspecified atom stereocenters. The number of aryl methyl sites for hydroxylation is 3. The molecule has 0 saturated heterocycles. The van der Waals surface area contributed by atoms with Gasteiger partial charge in [0.15, 0.2) is 17.6 Å². The van der Waals surface area contributed by atoms with Crippen molar-refractivity contribution in [1.29, 1.82) is 5.26 Å². The molecule has 1 N–H and O–H groups in total. The Labute approximate surface area is 210 Å². The lowest BCUT2D eigenvalue weighted by atomic mass is 9.99. The van der Waals surface area contributed by atoms with Crippen LogP contribution in [0.1, 0.15) is 45.1 Å². The van der Waals surface area contributed by atoms with Gasteiger partial charge in [0.25, 0.3) is 5.56 Å². The average molecular weight is 491 g/mol. The third kappa shape index (κ3) is 5.20. The summed E-state index contributed by atoms with van der Waals surface area (Å²) in [7, 11) is 3.06. The van der Waals surface area contributed by atoms with Gasteiger partial charge in [-0.15, -0.1) is 0 Å². The minimum Gasteiger partial charge on any atom is -0.494 e. The lowest BCUT2D eigenvalue weighted by Gasteiger charge is -2.19. The number of methoxy groups -OCH3 is 2. The highest BCUT2D eigenvalue weighted by Gasteiger charge is 2.28. The summed E-state index contributed by atoms with van der Waals surface area (Å²) in [5.74, 6) is 0.589. The third-order valence-corrected chi connectivity index (χ3v) is 6.28. The van der Waals surface area contributed by atoms with Gasteiger partial charge in [0.05, 0.1) is 19.8 Å². The highest BCUT2D eigenvalue weighted by Crippen LogP contribution is 2.29. The van der Waals surface area contributed by atoms with Crippen LogP contribution in [0.3, 0.4) is 0 Å². The molecule has 1 heterocycles. The first-order valence-electron chi connectivity index (χ1n) is 11.5. The zero-order valence-electron chi connectivity index (χ0n) is 21.3. The summed E-state index contributed by atoms with van der Waals surface area (Å²) in [5, 5.41) is 20.7. The number of pyridine rings is 1. The van der Waals surface area contributed by atoms with Gasteiger partial charge >= 0.3 is 0 Å². The van der Waals surface area contributed by atoms with Crippen LogP contribution in [0.2, 0.25) is 0 Å². The van der Waals surface area contributed by atoms with E-state index in [0.717, 1.165) is 21.3 Å². The summed E-state index contributed by atoms with van der Waals surface area (Å²) in [6.07, 6.45) is -0.621. The molecular weight excluding hydrogens is 460 g/mol. The molecule has 8 nitrogen and oxygen atoms in total. The molecule has 0 aliphatic carbocycles. The number of Topliss-reactive ketones (excluding diaryl/α,β-unsaturated/α-hetero) is 1. The van der Waals surface area contributed by atoms with Crippen molar-refractivity contribution in [2.45, 2.75) is 46.8 Å². The van der Waals surface area contributed by atoms with E-state index in [-0.39, 0.29) is 23.2 Å². The number of ether oxygens (including phenoxy) is 3. The molecule has 0 aliphatic rings. The van der Waals surface area contributed by atoms with E-state index in [1.165, 1.54) is 21.1 Å². The first kappa shape index (κ1) is 26.4. The van der Waals surface area contributed by atoms with Crippen LogP contribution in [-0.2, 0) is 13.0 Å². The second-order valence-corrected chi connectivity index (χ2v) is 8.58. The largest absolute Gasteiger partial charge is 0.494 e. The fourth-order valence-electron chi connectivity index (χ4n) is 3.98. The van der Waals surface area contributed by atoms with E-state index in [0.29, 0.717) is 23.7 Å². The average Bonchev–Trinajstić information content (AvgIpc) is 2.86. The van der Waals surface area contributed by atoms with Crippen molar-refractivity contribution in [2.75, 3.05) is 14.2 Å². The Morgan fingerprint density at radius 2 is 1.75 bits per heavy atom. The standard InChI is InChI=1S/C28H30N2O6/c1-16-7-9-21(13-17(16)2)36-19(4)26(31)25-18(3)22(15-29)27(32)30(28(25)33)12-11-20-8-10-23(34-5)24(14-20)35-6/h7-10,13-14,19,33H,11-12H2,1-6H3. The topological polar surface area (TPSA) is 111 Å². The number of carbonyl (C=O) groups is 1. The Hall–Kier alpha value is -4.25. The number of hydrogen-bond acceptors (Lipinski definition) is 7. The summed E-state index contributed by atoms with van der Waals surface area (Å²) in [6, 6.07) is 12.7. The van der Waals surface area contributed by atoms with Crippen LogP contribution in [0.25, 0.3) is 0 Å². The van der Waals surface area contributed by atoms with Gasteiger partial charge in [0.1, 0.15) is 17.4 Å². The Morgan fingerprint density at radius 3 is 2.36 bits per heavy atom. The van der Waals surface area contributed by atoms with E-state index in [4.69, 9.17) is 14.2 Å². The summed E-state index contributed by atoms with van der Waals surface area (Å²) in [6.45, 7) is 7.01. The van der Waals surface area contributed by atoms with Gasteiger partial charge in [-0.3, -0.25) is 14.2 Å². The van der Waals surface area contributed by atoms with Crippen molar-refractivity contribution in [1.82, 2.24) is 4.57 Å². The van der Waals surface area contributed by atoms with Gasteiger partial charge in [-0.05, 0) is 80.6 Å². The molecule has 1 atom stereocenters. The fourth-order valence-corrected chi connectivity index (χ4v) is 3.98. The first-order valence-corrected chi connectivity index (χ1v) is 11.5. The minimum atomic E-state index is -0.958. The molecule has 2 aromatic carbocycles. The van der Waals surface area contributed by atoms with Crippen molar-refractivity contribution in [3.8, 4) is 29.2 Å². The lowest BCUT2D eigenvalue weighted by Crippen LogP contribution is -2.31. The summed E-state index contributed by atoms with van der Waals surface area (Å²) in [4.78, 5) is 26.3. The number of rotatable bonds is 9. The van der Waals surface area contributed by atoms with E-state index in [1.807, 2.05) is 38.1 Å². The molecule has 0 aliphatic heterocycles. The maximum absolute atomic E-state index is 13.4. The second-order valence-electron chi connectivity index (χ2n) is 8.58. The SMILES string of the molecule is COc1ccc(CCn2c(O)c(C(=O)C(C)Oc3ccc(C)c(C)c3)c(C)c(C#N)c2=O)cc1OC. The number of benzene rings is 2. The number of nitriles is 1. The van der Waals surface area contributed by atoms with Crippen LogP contribution >= 0.6 is 0 Å². The Bertz CT molecular complexity index is 1400. The van der Waals surface area contributed by atoms with Crippen molar-refractivity contribution >= 4 is 5.78 Å². The lowest BCUT2D eigenvalue weighted by molar-refractivity contribution is 0.0812. The molecule has 0 saturated carbocycles. The number of carbonyl (C=O) groups excluding carboxylic acids is 1. The Kier molecular flexibility index (Phi) is 8.05. The molecular formula is C28H30N2O6. The number of hydrogen-bond donors (Lipinski definition) is 1. The van der Waals surface area contributed by atoms with Gasteiger partial charge in [-0.2, -0.15) is 5.26 Å². The molecule has 1 aromatic heterocycles. The maximum atomic E-state index is 13.4. The van der Waals surface area contributed by atoms with Crippen LogP contribution in [0.15, 0.2) is 41.2 Å². The second kappa shape index (κ2) is 11.0. The fraction of sp³-hybridized carbons (Fsp3) is 0.321. The monoisotopic (exact) mass is 490 g/mol.